The SMILES string of the molecule is CCOC(=O)[C@H]1C[C@@H](C(=O)OC(C)(C)C)C(c2ccco2)N1. The van der Waals surface area contributed by atoms with Gasteiger partial charge in [0.25, 0.3) is 0 Å². The van der Waals surface area contributed by atoms with Gasteiger partial charge in [-0.15, -0.1) is 0 Å². The Morgan fingerprint density at radius 3 is 2.64 bits per heavy atom. The van der Waals surface area contributed by atoms with Crippen molar-refractivity contribution in [2.24, 2.45) is 5.92 Å². The molecule has 0 radical (unpaired) electrons. The number of hydrogen-bond donors (Lipinski definition) is 1. The van der Waals surface area contributed by atoms with Gasteiger partial charge in [0.2, 0.25) is 0 Å². The van der Waals surface area contributed by atoms with Gasteiger partial charge < -0.3 is 13.9 Å². The number of carbonyl (C=O) groups is 2. The molecule has 2 heterocycles. The minimum Gasteiger partial charge on any atom is -0.468 e. The second-order valence-electron chi connectivity index (χ2n) is 6.34. The summed E-state index contributed by atoms with van der Waals surface area (Å²) in [5.41, 5.74) is -0.577. The molecular weight excluding hydrogens is 286 g/mol. The molecule has 1 aliphatic rings. The lowest BCUT2D eigenvalue weighted by Crippen LogP contribution is -2.34. The molecule has 1 saturated heterocycles. The Kier molecular flexibility index (Phi) is 4.90. The Morgan fingerprint density at radius 2 is 2.09 bits per heavy atom. The van der Waals surface area contributed by atoms with E-state index in [0.717, 1.165) is 0 Å². The molecule has 1 aliphatic heterocycles. The lowest BCUT2D eigenvalue weighted by Gasteiger charge is -2.24. The van der Waals surface area contributed by atoms with Crippen LogP contribution in [0.5, 0.6) is 0 Å². The molecule has 2 rings (SSSR count). The van der Waals surface area contributed by atoms with Crippen LogP contribution in [-0.4, -0.2) is 30.2 Å². The van der Waals surface area contributed by atoms with Crippen molar-refractivity contribution in [2.75, 3.05) is 6.61 Å². The number of hydrogen-bond acceptors (Lipinski definition) is 6. The molecule has 1 N–H and O–H groups in total. The zero-order valence-corrected chi connectivity index (χ0v) is 13.4. The smallest absolute Gasteiger partial charge is 0.323 e. The quantitative estimate of drug-likeness (QED) is 0.859. The van der Waals surface area contributed by atoms with Crippen molar-refractivity contribution in [3.8, 4) is 0 Å². The molecule has 0 spiro atoms. The molecule has 1 unspecified atom stereocenters. The van der Waals surface area contributed by atoms with E-state index in [1.54, 1.807) is 25.3 Å². The van der Waals surface area contributed by atoms with Crippen LogP contribution in [0.4, 0.5) is 0 Å². The Hall–Kier alpha value is -1.82. The zero-order valence-electron chi connectivity index (χ0n) is 13.4. The van der Waals surface area contributed by atoms with Crippen LogP contribution in [0.2, 0.25) is 0 Å². The third kappa shape index (κ3) is 3.88. The number of nitrogens with one attached hydrogen (secondary N) is 1. The van der Waals surface area contributed by atoms with Crippen LogP contribution in [-0.2, 0) is 19.1 Å². The molecule has 1 aromatic heterocycles. The molecule has 1 aromatic rings. The number of rotatable bonds is 4. The Morgan fingerprint density at radius 1 is 1.36 bits per heavy atom. The van der Waals surface area contributed by atoms with E-state index in [1.807, 2.05) is 20.8 Å². The van der Waals surface area contributed by atoms with Gasteiger partial charge in [-0.1, -0.05) is 0 Å². The van der Waals surface area contributed by atoms with Crippen LogP contribution in [0.3, 0.4) is 0 Å². The van der Waals surface area contributed by atoms with Gasteiger partial charge in [0.15, 0.2) is 0 Å². The minimum atomic E-state index is -0.577. The summed E-state index contributed by atoms with van der Waals surface area (Å²) >= 11 is 0. The number of esters is 2. The molecule has 122 valence electrons. The Labute approximate surface area is 130 Å². The summed E-state index contributed by atoms with van der Waals surface area (Å²) < 4.78 is 15.9. The molecule has 6 heteroatoms. The minimum absolute atomic E-state index is 0.305. The molecular formula is C16H23NO5. The summed E-state index contributed by atoms with van der Waals surface area (Å²) in [7, 11) is 0. The van der Waals surface area contributed by atoms with Gasteiger partial charge in [-0.3, -0.25) is 14.9 Å². The standard InChI is InChI=1S/C16H23NO5/c1-5-20-15(19)11-9-10(14(18)22-16(2,3)4)13(17-11)12-7-6-8-21-12/h6-8,10-11,13,17H,5,9H2,1-4H3/t10-,11-,13?/m1/s1. The summed E-state index contributed by atoms with van der Waals surface area (Å²) in [5.74, 6) is -0.569. The first-order valence-corrected chi connectivity index (χ1v) is 7.50. The largest absolute Gasteiger partial charge is 0.468 e. The fourth-order valence-corrected chi connectivity index (χ4v) is 2.56. The average molecular weight is 309 g/mol. The van der Waals surface area contributed by atoms with Crippen molar-refractivity contribution in [2.45, 2.75) is 51.8 Å². The highest BCUT2D eigenvalue weighted by Gasteiger charge is 2.45. The lowest BCUT2D eigenvalue weighted by molar-refractivity contribution is -0.160. The molecule has 0 bridgehead atoms. The van der Waals surface area contributed by atoms with E-state index in [1.165, 1.54) is 0 Å². The van der Waals surface area contributed by atoms with Crippen LogP contribution in [0, 0.1) is 5.92 Å². The molecule has 0 amide bonds. The topological polar surface area (TPSA) is 77.8 Å². The second kappa shape index (κ2) is 6.52. The van der Waals surface area contributed by atoms with Gasteiger partial charge >= 0.3 is 11.9 Å². The highest BCUT2D eigenvalue weighted by Crippen LogP contribution is 2.35. The number of carbonyl (C=O) groups excluding carboxylic acids is 2. The van der Waals surface area contributed by atoms with E-state index < -0.39 is 17.6 Å². The van der Waals surface area contributed by atoms with Crippen molar-refractivity contribution in [3.63, 3.8) is 0 Å². The Balaban J connectivity index is 2.17. The highest BCUT2D eigenvalue weighted by atomic mass is 16.6. The zero-order chi connectivity index (χ0) is 16.3. The monoisotopic (exact) mass is 309 g/mol. The lowest BCUT2D eigenvalue weighted by atomic mass is 9.97. The van der Waals surface area contributed by atoms with Gasteiger partial charge in [-0.25, -0.2) is 0 Å². The molecule has 0 aromatic carbocycles. The van der Waals surface area contributed by atoms with Crippen molar-refractivity contribution in [1.29, 1.82) is 0 Å². The molecule has 0 saturated carbocycles. The van der Waals surface area contributed by atoms with Crippen LogP contribution in [0.15, 0.2) is 22.8 Å². The van der Waals surface area contributed by atoms with Crippen LogP contribution in [0.25, 0.3) is 0 Å². The first kappa shape index (κ1) is 16.5. The van der Waals surface area contributed by atoms with Crippen molar-refractivity contribution < 1.29 is 23.5 Å². The molecule has 6 nitrogen and oxygen atoms in total. The van der Waals surface area contributed by atoms with E-state index in [2.05, 4.69) is 5.32 Å². The van der Waals surface area contributed by atoms with E-state index >= 15 is 0 Å². The first-order valence-electron chi connectivity index (χ1n) is 7.50. The van der Waals surface area contributed by atoms with Gasteiger partial charge in [0.1, 0.15) is 17.4 Å². The van der Waals surface area contributed by atoms with E-state index in [4.69, 9.17) is 13.9 Å². The van der Waals surface area contributed by atoms with E-state index in [-0.39, 0.29) is 18.0 Å². The fourth-order valence-electron chi connectivity index (χ4n) is 2.56. The molecule has 3 atom stereocenters. The normalized spacial score (nSPS) is 25.0. The molecule has 1 fully saturated rings. The van der Waals surface area contributed by atoms with Crippen LogP contribution < -0.4 is 5.32 Å². The average Bonchev–Trinajstić information content (AvgIpc) is 3.06. The van der Waals surface area contributed by atoms with E-state index in [0.29, 0.717) is 18.8 Å². The first-order chi connectivity index (χ1) is 10.3. The summed E-state index contributed by atoms with van der Waals surface area (Å²) in [4.78, 5) is 24.4. The second-order valence-corrected chi connectivity index (χ2v) is 6.34. The third-order valence-corrected chi connectivity index (χ3v) is 3.40. The summed E-state index contributed by atoms with van der Waals surface area (Å²) in [6.07, 6.45) is 1.87. The van der Waals surface area contributed by atoms with Gasteiger partial charge in [0.05, 0.1) is 24.8 Å². The molecule has 0 aliphatic carbocycles. The van der Waals surface area contributed by atoms with Gasteiger partial charge in [-0.2, -0.15) is 0 Å². The third-order valence-electron chi connectivity index (χ3n) is 3.40. The maximum atomic E-state index is 12.4. The van der Waals surface area contributed by atoms with Crippen LogP contribution in [0.1, 0.15) is 45.9 Å². The predicted molar refractivity (Wildman–Crippen MR) is 79.0 cm³/mol. The highest BCUT2D eigenvalue weighted by molar-refractivity contribution is 5.80. The van der Waals surface area contributed by atoms with Crippen LogP contribution >= 0.6 is 0 Å². The van der Waals surface area contributed by atoms with Crippen molar-refractivity contribution in [1.82, 2.24) is 5.32 Å². The maximum Gasteiger partial charge on any atom is 0.323 e. The summed E-state index contributed by atoms with van der Waals surface area (Å²) in [6.45, 7) is 7.51. The van der Waals surface area contributed by atoms with Gasteiger partial charge in [-0.05, 0) is 46.2 Å². The van der Waals surface area contributed by atoms with Crippen molar-refractivity contribution >= 4 is 11.9 Å². The van der Waals surface area contributed by atoms with Crippen molar-refractivity contribution in [3.05, 3.63) is 24.2 Å². The number of furan rings is 1. The molecule has 22 heavy (non-hydrogen) atoms. The number of ether oxygens (including phenoxy) is 2. The summed E-state index contributed by atoms with van der Waals surface area (Å²) in [6, 6.07) is 2.61. The predicted octanol–water partition coefficient (Wildman–Crippen LogP) is 2.20. The summed E-state index contributed by atoms with van der Waals surface area (Å²) in [5, 5.41) is 3.13. The maximum absolute atomic E-state index is 12.4. The Bertz CT molecular complexity index is 517. The van der Waals surface area contributed by atoms with E-state index in [9.17, 15) is 9.59 Å². The van der Waals surface area contributed by atoms with Gasteiger partial charge in [0, 0.05) is 0 Å². The fraction of sp³-hybridized carbons (Fsp3) is 0.625.